The van der Waals surface area contributed by atoms with Crippen molar-refractivity contribution in [1.82, 2.24) is 10.6 Å². The topological polar surface area (TPSA) is 50.4 Å². The highest BCUT2D eigenvalue weighted by Crippen LogP contribution is 2.44. The van der Waals surface area contributed by atoms with Gasteiger partial charge < -0.3 is 15.4 Å². The van der Waals surface area contributed by atoms with Gasteiger partial charge in [-0.05, 0) is 63.5 Å². The minimum atomic E-state index is 0.0948. The van der Waals surface area contributed by atoms with Crippen molar-refractivity contribution in [3.05, 3.63) is 0 Å². The minimum absolute atomic E-state index is 0.0948. The lowest BCUT2D eigenvalue weighted by atomic mass is 10.1. The molecule has 4 nitrogen and oxygen atoms in total. The summed E-state index contributed by atoms with van der Waals surface area (Å²) in [5.41, 5.74) is 0. The summed E-state index contributed by atoms with van der Waals surface area (Å²) < 4.78 is 5.69. The van der Waals surface area contributed by atoms with Crippen molar-refractivity contribution in [3.8, 4) is 0 Å². The van der Waals surface area contributed by atoms with Crippen molar-refractivity contribution in [1.29, 1.82) is 0 Å². The normalized spacial score (nSPS) is 25.4. The molecule has 2 aliphatic carbocycles. The number of piperidine rings is 1. The van der Waals surface area contributed by atoms with Crippen LogP contribution in [-0.4, -0.2) is 37.7 Å². The molecule has 0 unspecified atom stereocenters. The van der Waals surface area contributed by atoms with E-state index in [1.165, 1.54) is 25.7 Å². The fourth-order valence-corrected chi connectivity index (χ4v) is 2.91. The molecule has 0 aromatic rings. The summed E-state index contributed by atoms with van der Waals surface area (Å²) >= 11 is 0. The van der Waals surface area contributed by atoms with E-state index in [0.29, 0.717) is 6.04 Å². The maximum atomic E-state index is 11.9. The van der Waals surface area contributed by atoms with Crippen molar-refractivity contribution < 1.29 is 9.53 Å². The average Bonchev–Trinajstić information content (AvgIpc) is 3.28. The second-order valence-corrected chi connectivity index (χ2v) is 6.03. The summed E-state index contributed by atoms with van der Waals surface area (Å²) in [6.07, 6.45) is 7.54. The number of amides is 1. The lowest BCUT2D eigenvalue weighted by Crippen LogP contribution is -2.41. The average molecular weight is 252 g/mol. The fourth-order valence-electron chi connectivity index (χ4n) is 2.91. The number of carbonyl (C=O) groups is 1. The molecule has 1 amide bonds. The van der Waals surface area contributed by atoms with Crippen LogP contribution in [-0.2, 0) is 9.53 Å². The molecule has 3 fully saturated rings. The molecule has 1 saturated heterocycles. The van der Waals surface area contributed by atoms with Crippen LogP contribution in [0.4, 0.5) is 0 Å². The van der Waals surface area contributed by atoms with Crippen LogP contribution < -0.4 is 10.6 Å². The molecule has 1 aliphatic heterocycles. The Kier molecular flexibility index (Phi) is 3.85. The van der Waals surface area contributed by atoms with Crippen molar-refractivity contribution in [3.63, 3.8) is 0 Å². The van der Waals surface area contributed by atoms with Gasteiger partial charge in [0.15, 0.2) is 0 Å². The number of hydrogen-bond donors (Lipinski definition) is 2. The van der Waals surface area contributed by atoms with Gasteiger partial charge in [-0.2, -0.15) is 0 Å². The second-order valence-electron chi connectivity index (χ2n) is 6.03. The second kappa shape index (κ2) is 5.57. The maximum absolute atomic E-state index is 11.9. The van der Waals surface area contributed by atoms with Gasteiger partial charge in [0.2, 0.25) is 5.91 Å². The van der Waals surface area contributed by atoms with E-state index >= 15 is 0 Å². The summed E-state index contributed by atoms with van der Waals surface area (Å²) in [6.45, 7) is 2.28. The molecular weight excluding hydrogens is 228 g/mol. The van der Waals surface area contributed by atoms with Gasteiger partial charge in [0.1, 0.15) is 6.61 Å². The molecule has 0 spiro atoms. The zero-order valence-electron chi connectivity index (χ0n) is 11.0. The van der Waals surface area contributed by atoms with Gasteiger partial charge in [-0.15, -0.1) is 0 Å². The Morgan fingerprint density at radius 2 is 1.72 bits per heavy atom. The molecule has 2 N–H and O–H groups in total. The number of carbonyl (C=O) groups excluding carboxylic acids is 1. The van der Waals surface area contributed by atoms with E-state index in [9.17, 15) is 4.79 Å². The van der Waals surface area contributed by atoms with Crippen LogP contribution in [0.1, 0.15) is 38.5 Å². The fraction of sp³-hybridized carbons (Fsp3) is 0.929. The summed E-state index contributed by atoms with van der Waals surface area (Å²) in [6, 6.07) is 0.453. The molecule has 1 heterocycles. The SMILES string of the molecule is O=C(COC1CCNCC1)NC(C1CC1)C1CC1. The number of nitrogens with one attached hydrogen (secondary N) is 2. The first-order chi connectivity index (χ1) is 8.83. The third-order valence-electron chi connectivity index (χ3n) is 4.32. The summed E-state index contributed by atoms with van der Waals surface area (Å²) in [5.74, 6) is 1.62. The molecule has 0 aromatic heterocycles. The van der Waals surface area contributed by atoms with E-state index in [-0.39, 0.29) is 18.6 Å². The first kappa shape index (κ1) is 12.4. The van der Waals surface area contributed by atoms with Crippen LogP contribution in [0.15, 0.2) is 0 Å². The predicted molar refractivity (Wildman–Crippen MR) is 69.2 cm³/mol. The molecular formula is C14H24N2O2. The molecule has 0 aromatic carbocycles. The van der Waals surface area contributed by atoms with Crippen LogP contribution in [0.3, 0.4) is 0 Å². The monoisotopic (exact) mass is 252 g/mol. The highest BCUT2D eigenvalue weighted by Gasteiger charge is 2.42. The Hall–Kier alpha value is -0.610. The van der Waals surface area contributed by atoms with Crippen LogP contribution >= 0.6 is 0 Å². The first-order valence-electron chi connectivity index (χ1n) is 7.44. The van der Waals surface area contributed by atoms with Gasteiger partial charge in [-0.25, -0.2) is 0 Å². The van der Waals surface area contributed by atoms with Gasteiger partial charge in [0.05, 0.1) is 6.10 Å². The van der Waals surface area contributed by atoms with E-state index < -0.39 is 0 Å². The number of ether oxygens (including phenoxy) is 1. The Bertz CT molecular complexity index is 282. The van der Waals surface area contributed by atoms with Crippen LogP contribution in [0.5, 0.6) is 0 Å². The Morgan fingerprint density at radius 1 is 1.11 bits per heavy atom. The smallest absolute Gasteiger partial charge is 0.246 e. The van der Waals surface area contributed by atoms with E-state index in [1.54, 1.807) is 0 Å². The number of rotatable bonds is 6. The van der Waals surface area contributed by atoms with Gasteiger partial charge in [0.25, 0.3) is 0 Å². The quantitative estimate of drug-likeness (QED) is 0.743. The lowest BCUT2D eigenvalue weighted by Gasteiger charge is -2.23. The van der Waals surface area contributed by atoms with Crippen LogP contribution in [0, 0.1) is 11.8 Å². The highest BCUT2D eigenvalue weighted by molar-refractivity contribution is 5.77. The van der Waals surface area contributed by atoms with Gasteiger partial charge in [-0.1, -0.05) is 0 Å². The van der Waals surface area contributed by atoms with Crippen molar-refractivity contribution in [2.45, 2.75) is 50.7 Å². The number of hydrogen-bond acceptors (Lipinski definition) is 3. The molecule has 18 heavy (non-hydrogen) atoms. The van der Waals surface area contributed by atoms with E-state index in [1.807, 2.05) is 0 Å². The highest BCUT2D eigenvalue weighted by atomic mass is 16.5. The van der Waals surface area contributed by atoms with E-state index in [4.69, 9.17) is 4.74 Å². The summed E-state index contributed by atoms with van der Waals surface area (Å²) in [7, 11) is 0. The van der Waals surface area contributed by atoms with Gasteiger partial charge >= 0.3 is 0 Å². The van der Waals surface area contributed by atoms with E-state index in [0.717, 1.165) is 37.8 Å². The molecule has 3 rings (SSSR count). The standard InChI is InChI=1S/C14H24N2O2/c17-13(9-18-12-5-7-15-8-6-12)16-14(10-1-2-10)11-3-4-11/h10-12,14-15H,1-9H2,(H,16,17). The van der Waals surface area contributed by atoms with E-state index in [2.05, 4.69) is 10.6 Å². The molecule has 0 atom stereocenters. The zero-order valence-corrected chi connectivity index (χ0v) is 11.0. The molecule has 102 valence electrons. The molecule has 4 heteroatoms. The Labute approximate surface area is 109 Å². The van der Waals surface area contributed by atoms with Crippen molar-refractivity contribution in [2.75, 3.05) is 19.7 Å². The van der Waals surface area contributed by atoms with Crippen LogP contribution in [0.25, 0.3) is 0 Å². The Balaban J connectivity index is 1.37. The van der Waals surface area contributed by atoms with Crippen LogP contribution in [0.2, 0.25) is 0 Å². The van der Waals surface area contributed by atoms with Gasteiger partial charge in [0, 0.05) is 6.04 Å². The first-order valence-corrected chi connectivity index (χ1v) is 7.44. The molecule has 2 saturated carbocycles. The van der Waals surface area contributed by atoms with Gasteiger partial charge in [-0.3, -0.25) is 4.79 Å². The predicted octanol–water partition coefficient (Wildman–Crippen LogP) is 1.06. The largest absolute Gasteiger partial charge is 0.368 e. The third kappa shape index (κ3) is 3.45. The molecule has 0 radical (unpaired) electrons. The Morgan fingerprint density at radius 3 is 2.28 bits per heavy atom. The molecule has 0 bridgehead atoms. The summed E-state index contributed by atoms with van der Waals surface area (Å²) in [4.78, 5) is 11.9. The summed E-state index contributed by atoms with van der Waals surface area (Å²) in [5, 5.41) is 6.50. The zero-order chi connectivity index (χ0) is 12.4. The van der Waals surface area contributed by atoms with Crippen molar-refractivity contribution >= 4 is 5.91 Å². The maximum Gasteiger partial charge on any atom is 0.246 e. The third-order valence-corrected chi connectivity index (χ3v) is 4.32. The minimum Gasteiger partial charge on any atom is -0.368 e. The lowest BCUT2D eigenvalue weighted by molar-refractivity contribution is -0.129. The van der Waals surface area contributed by atoms with Crippen molar-refractivity contribution in [2.24, 2.45) is 11.8 Å². The molecule has 3 aliphatic rings.